The molecule has 0 bridgehead atoms. The van der Waals surface area contributed by atoms with Crippen molar-refractivity contribution >= 4 is 41.5 Å². The Morgan fingerprint density at radius 3 is 2.56 bits per heavy atom. The zero-order valence-electron chi connectivity index (χ0n) is 13.9. The molecule has 1 saturated heterocycles. The lowest BCUT2D eigenvalue weighted by Gasteiger charge is -2.27. The minimum atomic E-state index is -0.108. The third kappa shape index (κ3) is 4.85. The summed E-state index contributed by atoms with van der Waals surface area (Å²) in [7, 11) is 0. The number of ether oxygens (including phenoxy) is 1. The van der Waals surface area contributed by atoms with E-state index in [9.17, 15) is 9.59 Å². The largest absolute Gasteiger partial charge is 0.378 e. The summed E-state index contributed by atoms with van der Waals surface area (Å²) in [4.78, 5) is 26.4. The van der Waals surface area contributed by atoms with Crippen LogP contribution < -0.4 is 11.1 Å². The first-order valence-corrected chi connectivity index (χ1v) is 8.65. The Labute approximate surface area is 158 Å². The lowest BCUT2D eigenvalue weighted by Crippen LogP contribution is -2.40. The Morgan fingerprint density at radius 1 is 1.24 bits per heavy atom. The predicted octanol–water partition coefficient (Wildman–Crippen LogP) is 2.30. The summed E-state index contributed by atoms with van der Waals surface area (Å²) in [5, 5.41) is 3.21. The van der Waals surface area contributed by atoms with Crippen molar-refractivity contribution in [1.29, 1.82) is 0 Å². The van der Waals surface area contributed by atoms with E-state index in [-0.39, 0.29) is 36.2 Å². The molecule has 2 atom stereocenters. The topological polar surface area (TPSA) is 84.7 Å². The smallest absolute Gasteiger partial charge is 0.255 e. The summed E-state index contributed by atoms with van der Waals surface area (Å²) in [6.07, 6.45) is 2.41. The van der Waals surface area contributed by atoms with E-state index in [1.807, 2.05) is 0 Å². The summed E-state index contributed by atoms with van der Waals surface area (Å²) in [6, 6.07) is 5.11. The van der Waals surface area contributed by atoms with Gasteiger partial charge in [-0.2, -0.15) is 0 Å². The van der Waals surface area contributed by atoms with Crippen molar-refractivity contribution in [2.45, 2.75) is 25.3 Å². The van der Waals surface area contributed by atoms with Gasteiger partial charge in [0.05, 0.1) is 23.8 Å². The molecule has 2 unspecified atom stereocenters. The monoisotopic (exact) mass is 387 g/mol. The molecule has 3 rings (SSSR count). The number of nitrogens with zero attached hydrogens (tertiary/aromatic N) is 1. The molecule has 1 saturated carbocycles. The summed E-state index contributed by atoms with van der Waals surface area (Å²) < 4.78 is 5.25. The third-order valence-corrected chi connectivity index (χ3v) is 4.92. The molecule has 1 aromatic carbocycles. The molecule has 0 spiro atoms. The minimum absolute atomic E-state index is 0. The molecule has 1 heterocycles. The average Bonchev–Trinajstić information content (AvgIpc) is 3.02. The molecule has 138 valence electrons. The third-order valence-electron chi connectivity index (χ3n) is 4.61. The number of anilines is 1. The fourth-order valence-electron chi connectivity index (χ4n) is 3.20. The van der Waals surface area contributed by atoms with Crippen molar-refractivity contribution < 1.29 is 14.3 Å². The van der Waals surface area contributed by atoms with Crippen LogP contribution in [0.5, 0.6) is 0 Å². The number of amides is 2. The number of halogens is 2. The molecule has 2 aliphatic rings. The number of carbonyl (C=O) groups excluding carboxylic acids is 2. The van der Waals surface area contributed by atoms with Crippen LogP contribution in [0, 0.1) is 5.92 Å². The van der Waals surface area contributed by atoms with Crippen LogP contribution in [0.15, 0.2) is 18.2 Å². The minimum Gasteiger partial charge on any atom is -0.378 e. The standard InChI is InChI=1S/C17H22ClN3O3.ClH/c18-15-10-13(20-16(22)11-1-2-12(19)9-11)3-4-14(15)17(23)21-5-7-24-8-6-21;/h3-4,10-12H,1-2,5-9,19H2,(H,20,22);1H. The highest BCUT2D eigenvalue weighted by Gasteiger charge is 2.28. The van der Waals surface area contributed by atoms with E-state index in [4.69, 9.17) is 22.1 Å². The molecular weight excluding hydrogens is 365 g/mol. The van der Waals surface area contributed by atoms with Gasteiger partial charge in [0.15, 0.2) is 0 Å². The fourth-order valence-corrected chi connectivity index (χ4v) is 3.46. The van der Waals surface area contributed by atoms with Crippen LogP contribution in [0.1, 0.15) is 29.6 Å². The van der Waals surface area contributed by atoms with Gasteiger partial charge in [-0.1, -0.05) is 11.6 Å². The van der Waals surface area contributed by atoms with Crippen LogP contribution in [-0.2, 0) is 9.53 Å². The van der Waals surface area contributed by atoms with E-state index in [0.717, 1.165) is 12.8 Å². The second-order valence-corrected chi connectivity index (χ2v) is 6.77. The maximum absolute atomic E-state index is 12.5. The Hall–Kier alpha value is -1.34. The number of nitrogens with one attached hydrogen (secondary N) is 1. The molecule has 3 N–H and O–H groups in total. The molecule has 0 radical (unpaired) electrons. The van der Waals surface area contributed by atoms with Crippen molar-refractivity contribution in [3.05, 3.63) is 28.8 Å². The first-order chi connectivity index (χ1) is 11.5. The highest BCUT2D eigenvalue weighted by Crippen LogP contribution is 2.27. The van der Waals surface area contributed by atoms with E-state index in [1.54, 1.807) is 23.1 Å². The van der Waals surface area contributed by atoms with Gasteiger partial charge in [-0.15, -0.1) is 12.4 Å². The van der Waals surface area contributed by atoms with Crippen LogP contribution in [0.2, 0.25) is 5.02 Å². The normalized spacial score (nSPS) is 23.0. The summed E-state index contributed by atoms with van der Waals surface area (Å²) in [5.74, 6) is -0.192. The number of morpholine rings is 1. The van der Waals surface area contributed by atoms with Crippen molar-refractivity contribution in [3.63, 3.8) is 0 Å². The summed E-state index contributed by atoms with van der Waals surface area (Å²) >= 11 is 6.26. The molecule has 1 aliphatic heterocycles. The molecule has 8 heteroatoms. The highest BCUT2D eigenvalue weighted by molar-refractivity contribution is 6.34. The van der Waals surface area contributed by atoms with E-state index < -0.39 is 0 Å². The van der Waals surface area contributed by atoms with Gasteiger partial charge in [0.2, 0.25) is 5.91 Å². The van der Waals surface area contributed by atoms with Gasteiger partial charge < -0.3 is 20.7 Å². The number of nitrogens with two attached hydrogens (primary N) is 1. The zero-order chi connectivity index (χ0) is 17.1. The molecule has 2 amide bonds. The SMILES string of the molecule is Cl.NC1CCC(C(=O)Nc2ccc(C(=O)N3CCOCC3)c(Cl)c2)C1. The van der Waals surface area contributed by atoms with Gasteiger partial charge in [-0.3, -0.25) is 9.59 Å². The highest BCUT2D eigenvalue weighted by atomic mass is 35.5. The first kappa shape index (κ1) is 20.0. The van der Waals surface area contributed by atoms with Gasteiger partial charge >= 0.3 is 0 Å². The average molecular weight is 388 g/mol. The quantitative estimate of drug-likeness (QED) is 0.832. The number of carbonyl (C=O) groups is 2. The van der Waals surface area contributed by atoms with E-state index in [0.29, 0.717) is 49.0 Å². The maximum atomic E-state index is 12.5. The van der Waals surface area contributed by atoms with Crippen molar-refractivity contribution in [2.75, 3.05) is 31.6 Å². The van der Waals surface area contributed by atoms with Gasteiger partial charge in [0, 0.05) is 30.7 Å². The fraction of sp³-hybridized carbons (Fsp3) is 0.529. The molecule has 2 fully saturated rings. The number of hydrogen-bond acceptors (Lipinski definition) is 4. The van der Waals surface area contributed by atoms with Gasteiger partial charge in [0.25, 0.3) is 5.91 Å². The maximum Gasteiger partial charge on any atom is 0.255 e. The Balaban J connectivity index is 0.00000225. The van der Waals surface area contributed by atoms with Crippen molar-refractivity contribution in [2.24, 2.45) is 11.7 Å². The Morgan fingerprint density at radius 2 is 1.96 bits per heavy atom. The number of benzene rings is 1. The van der Waals surface area contributed by atoms with E-state index in [2.05, 4.69) is 5.32 Å². The first-order valence-electron chi connectivity index (χ1n) is 8.27. The van der Waals surface area contributed by atoms with E-state index >= 15 is 0 Å². The van der Waals surface area contributed by atoms with Gasteiger partial charge in [0.1, 0.15) is 0 Å². The Kier molecular flexibility index (Phi) is 7.07. The van der Waals surface area contributed by atoms with Crippen LogP contribution in [-0.4, -0.2) is 49.1 Å². The lowest BCUT2D eigenvalue weighted by atomic mass is 10.1. The van der Waals surface area contributed by atoms with Crippen LogP contribution in [0.3, 0.4) is 0 Å². The van der Waals surface area contributed by atoms with Crippen molar-refractivity contribution in [1.82, 2.24) is 4.90 Å². The number of hydrogen-bond donors (Lipinski definition) is 2. The second kappa shape index (κ2) is 8.85. The summed E-state index contributed by atoms with van der Waals surface area (Å²) in [5.41, 5.74) is 6.90. The van der Waals surface area contributed by atoms with E-state index in [1.165, 1.54) is 0 Å². The molecule has 6 nitrogen and oxygen atoms in total. The van der Waals surface area contributed by atoms with Gasteiger partial charge in [-0.25, -0.2) is 0 Å². The lowest BCUT2D eigenvalue weighted by molar-refractivity contribution is -0.119. The van der Waals surface area contributed by atoms with Crippen LogP contribution in [0.4, 0.5) is 5.69 Å². The van der Waals surface area contributed by atoms with Crippen LogP contribution >= 0.6 is 24.0 Å². The molecule has 0 aromatic heterocycles. The molecule has 1 aliphatic carbocycles. The van der Waals surface area contributed by atoms with Crippen molar-refractivity contribution in [3.8, 4) is 0 Å². The number of rotatable bonds is 3. The zero-order valence-corrected chi connectivity index (χ0v) is 15.4. The molecular formula is C17H23Cl2N3O3. The Bertz CT molecular complexity index is 636. The van der Waals surface area contributed by atoms with Gasteiger partial charge in [-0.05, 0) is 37.5 Å². The molecule has 25 heavy (non-hydrogen) atoms. The predicted molar refractivity (Wildman–Crippen MR) is 99.4 cm³/mol. The van der Waals surface area contributed by atoms with Crippen LogP contribution in [0.25, 0.3) is 0 Å². The summed E-state index contributed by atoms with van der Waals surface area (Å²) in [6.45, 7) is 2.22. The molecule has 1 aromatic rings. The second-order valence-electron chi connectivity index (χ2n) is 6.36.